The number of aliphatic hydroxyl groups is 1. The minimum absolute atomic E-state index is 0.179. The fraction of sp³-hybridized carbons (Fsp3) is 0.357. The van der Waals surface area contributed by atoms with E-state index in [0.29, 0.717) is 31.6 Å². The zero-order valence-electron chi connectivity index (χ0n) is 10.7. The lowest BCUT2D eigenvalue weighted by Gasteiger charge is -2.12. The first-order chi connectivity index (χ1) is 9.25. The van der Waals surface area contributed by atoms with Gasteiger partial charge in [0, 0.05) is 18.9 Å². The van der Waals surface area contributed by atoms with Crippen LogP contribution in [0.1, 0.15) is 5.56 Å². The second-order valence-electron chi connectivity index (χ2n) is 4.43. The largest absolute Gasteiger partial charge is 0.390 e. The third-order valence-electron chi connectivity index (χ3n) is 2.87. The maximum Gasteiger partial charge on any atom is 0.126 e. The lowest BCUT2D eigenvalue weighted by molar-refractivity contribution is 0.147. The summed E-state index contributed by atoms with van der Waals surface area (Å²) >= 11 is 0. The Hall–Kier alpha value is -1.72. The summed E-state index contributed by atoms with van der Waals surface area (Å²) in [6, 6.07) is 8.56. The summed E-state index contributed by atoms with van der Waals surface area (Å²) in [5.41, 5.74) is 0.691. The van der Waals surface area contributed by atoms with Crippen molar-refractivity contribution in [2.45, 2.75) is 19.1 Å². The number of aliphatic hydroxyl groups excluding tert-OH is 1. The molecule has 1 unspecified atom stereocenters. The quantitative estimate of drug-likeness (QED) is 0.738. The molecule has 4 nitrogen and oxygen atoms in total. The summed E-state index contributed by atoms with van der Waals surface area (Å²) in [6.07, 6.45) is 3.60. The number of aromatic nitrogens is 2. The molecule has 2 aromatic rings. The zero-order valence-corrected chi connectivity index (χ0v) is 10.7. The second kappa shape index (κ2) is 7.01. The molecule has 0 aliphatic heterocycles. The number of benzene rings is 1. The molecule has 1 aromatic carbocycles. The molecule has 0 amide bonds. The van der Waals surface area contributed by atoms with E-state index in [-0.39, 0.29) is 5.82 Å². The van der Waals surface area contributed by atoms with Crippen molar-refractivity contribution >= 4 is 0 Å². The predicted molar refractivity (Wildman–Crippen MR) is 71.2 cm³/mol. The Morgan fingerprint density at radius 1 is 1.32 bits per heavy atom. The predicted octanol–water partition coefficient (Wildman–Crippen LogP) is 1.22. The van der Waals surface area contributed by atoms with Crippen LogP contribution in [0.2, 0.25) is 0 Å². The average molecular weight is 263 g/mol. The van der Waals surface area contributed by atoms with E-state index < -0.39 is 6.10 Å². The number of nitrogens with one attached hydrogen (secondary N) is 1. The van der Waals surface area contributed by atoms with Crippen LogP contribution in [0.25, 0.3) is 0 Å². The van der Waals surface area contributed by atoms with Gasteiger partial charge in [0.1, 0.15) is 5.82 Å². The Labute approximate surface area is 111 Å². The van der Waals surface area contributed by atoms with E-state index in [4.69, 9.17) is 0 Å². The highest BCUT2D eigenvalue weighted by Crippen LogP contribution is 2.06. The molecule has 2 N–H and O–H groups in total. The molecular weight excluding hydrogens is 245 g/mol. The molecule has 1 heterocycles. The molecule has 2 rings (SSSR count). The Balaban J connectivity index is 1.65. The van der Waals surface area contributed by atoms with Crippen molar-refractivity contribution in [1.29, 1.82) is 0 Å². The standard InChI is InChI=1S/C14H18FN3O/c15-14-5-2-1-4-12(14)6-8-16-10-13(19)11-18-9-3-7-17-18/h1-5,7,9,13,16,19H,6,8,10-11H2. The van der Waals surface area contributed by atoms with Crippen molar-refractivity contribution in [3.63, 3.8) is 0 Å². The maximum absolute atomic E-state index is 13.3. The molecule has 0 aliphatic carbocycles. The van der Waals surface area contributed by atoms with Crippen LogP contribution in [-0.4, -0.2) is 34.1 Å². The first kappa shape index (κ1) is 13.7. The highest BCUT2D eigenvalue weighted by atomic mass is 19.1. The normalized spacial score (nSPS) is 12.5. The third-order valence-corrected chi connectivity index (χ3v) is 2.87. The van der Waals surface area contributed by atoms with E-state index in [1.54, 1.807) is 23.0 Å². The molecule has 0 spiro atoms. The Morgan fingerprint density at radius 3 is 2.89 bits per heavy atom. The van der Waals surface area contributed by atoms with E-state index >= 15 is 0 Å². The molecular formula is C14H18FN3O. The Kier molecular flexibility index (Phi) is 5.06. The second-order valence-corrected chi connectivity index (χ2v) is 4.43. The summed E-state index contributed by atoms with van der Waals surface area (Å²) in [6.45, 7) is 1.56. The SMILES string of the molecule is OC(CNCCc1ccccc1F)Cn1cccn1. The molecule has 19 heavy (non-hydrogen) atoms. The van der Waals surface area contributed by atoms with Gasteiger partial charge in [-0.2, -0.15) is 5.10 Å². The molecule has 102 valence electrons. The van der Waals surface area contributed by atoms with E-state index in [2.05, 4.69) is 10.4 Å². The molecule has 0 saturated heterocycles. The summed E-state index contributed by atoms with van der Waals surface area (Å²) in [5, 5.41) is 16.9. The fourth-order valence-corrected chi connectivity index (χ4v) is 1.88. The van der Waals surface area contributed by atoms with Gasteiger partial charge in [0.25, 0.3) is 0 Å². The number of hydrogen-bond donors (Lipinski definition) is 2. The highest BCUT2D eigenvalue weighted by Gasteiger charge is 2.05. The molecule has 0 saturated carbocycles. The summed E-state index contributed by atoms with van der Waals surface area (Å²) in [7, 11) is 0. The van der Waals surface area contributed by atoms with E-state index in [1.807, 2.05) is 18.3 Å². The number of nitrogens with zero attached hydrogens (tertiary/aromatic N) is 2. The number of halogens is 1. The summed E-state index contributed by atoms with van der Waals surface area (Å²) < 4.78 is 15.0. The molecule has 0 fully saturated rings. The van der Waals surface area contributed by atoms with E-state index in [0.717, 1.165) is 0 Å². The van der Waals surface area contributed by atoms with Crippen molar-refractivity contribution in [3.05, 3.63) is 54.1 Å². The van der Waals surface area contributed by atoms with Crippen molar-refractivity contribution in [2.24, 2.45) is 0 Å². The van der Waals surface area contributed by atoms with Crippen molar-refractivity contribution in [2.75, 3.05) is 13.1 Å². The van der Waals surface area contributed by atoms with Gasteiger partial charge in [0.2, 0.25) is 0 Å². The van der Waals surface area contributed by atoms with Crippen molar-refractivity contribution < 1.29 is 9.50 Å². The average Bonchev–Trinajstić information content (AvgIpc) is 2.89. The van der Waals surface area contributed by atoms with Crippen LogP contribution in [-0.2, 0) is 13.0 Å². The van der Waals surface area contributed by atoms with Gasteiger partial charge in [-0.1, -0.05) is 18.2 Å². The van der Waals surface area contributed by atoms with Gasteiger partial charge in [-0.15, -0.1) is 0 Å². The molecule has 0 bridgehead atoms. The molecule has 1 aromatic heterocycles. The van der Waals surface area contributed by atoms with E-state index in [1.165, 1.54) is 6.07 Å². The van der Waals surface area contributed by atoms with Crippen LogP contribution in [0, 0.1) is 5.82 Å². The lowest BCUT2D eigenvalue weighted by atomic mass is 10.1. The van der Waals surface area contributed by atoms with Crippen LogP contribution in [0.5, 0.6) is 0 Å². The zero-order chi connectivity index (χ0) is 13.5. The number of rotatable bonds is 7. The lowest BCUT2D eigenvalue weighted by Crippen LogP contribution is -2.31. The van der Waals surface area contributed by atoms with Gasteiger partial charge in [-0.3, -0.25) is 4.68 Å². The van der Waals surface area contributed by atoms with Crippen LogP contribution in [0.15, 0.2) is 42.7 Å². The van der Waals surface area contributed by atoms with Crippen LogP contribution in [0.4, 0.5) is 4.39 Å². The smallest absolute Gasteiger partial charge is 0.126 e. The molecule has 0 aliphatic rings. The van der Waals surface area contributed by atoms with E-state index in [9.17, 15) is 9.50 Å². The van der Waals surface area contributed by atoms with Gasteiger partial charge in [0.05, 0.1) is 12.6 Å². The van der Waals surface area contributed by atoms with Gasteiger partial charge in [-0.25, -0.2) is 4.39 Å². The van der Waals surface area contributed by atoms with Crippen molar-refractivity contribution in [1.82, 2.24) is 15.1 Å². The Morgan fingerprint density at radius 2 is 2.16 bits per heavy atom. The minimum Gasteiger partial charge on any atom is -0.390 e. The highest BCUT2D eigenvalue weighted by molar-refractivity contribution is 5.17. The topological polar surface area (TPSA) is 50.1 Å². The van der Waals surface area contributed by atoms with Crippen LogP contribution >= 0.6 is 0 Å². The monoisotopic (exact) mass is 263 g/mol. The Bertz CT molecular complexity index is 487. The molecule has 1 atom stereocenters. The molecule has 5 heteroatoms. The third kappa shape index (κ3) is 4.46. The van der Waals surface area contributed by atoms with Crippen LogP contribution in [0.3, 0.4) is 0 Å². The summed E-state index contributed by atoms with van der Waals surface area (Å²) in [4.78, 5) is 0. The molecule has 0 radical (unpaired) electrons. The van der Waals surface area contributed by atoms with Gasteiger partial charge in [-0.05, 0) is 30.7 Å². The van der Waals surface area contributed by atoms with Crippen LogP contribution < -0.4 is 5.32 Å². The maximum atomic E-state index is 13.3. The van der Waals surface area contributed by atoms with Gasteiger partial charge in [0.15, 0.2) is 0 Å². The number of hydrogen-bond acceptors (Lipinski definition) is 3. The van der Waals surface area contributed by atoms with Crippen molar-refractivity contribution in [3.8, 4) is 0 Å². The summed E-state index contributed by atoms with van der Waals surface area (Å²) in [5.74, 6) is -0.179. The minimum atomic E-state index is -0.500. The first-order valence-electron chi connectivity index (χ1n) is 6.35. The van der Waals surface area contributed by atoms with Gasteiger partial charge < -0.3 is 10.4 Å². The van der Waals surface area contributed by atoms with Gasteiger partial charge >= 0.3 is 0 Å². The fourth-order valence-electron chi connectivity index (χ4n) is 1.88. The first-order valence-corrected chi connectivity index (χ1v) is 6.35.